The quantitative estimate of drug-likeness (QED) is 0.820. The average Bonchev–Trinajstić information content (AvgIpc) is 3.28. The first kappa shape index (κ1) is 15.9. The second-order valence-electron chi connectivity index (χ2n) is 7.38. The lowest BCUT2D eigenvalue weighted by molar-refractivity contribution is 0.0196. The first-order valence-electron chi connectivity index (χ1n) is 8.70. The van der Waals surface area contributed by atoms with Crippen LogP contribution in [0.25, 0.3) is 11.3 Å². The van der Waals surface area contributed by atoms with Gasteiger partial charge in [-0.15, -0.1) is 0 Å². The number of aromatic nitrogens is 3. The molecule has 2 heterocycles. The second kappa shape index (κ2) is 6.05. The summed E-state index contributed by atoms with van der Waals surface area (Å²) in [6.45, 7) is 1.92. The number of aliphatic hydroxyl groups is 1. The zero-order chi connectivity index (χ0) is 16.7. The highest BCUT2D eigenvalue weighted by molar-refractivity contribution is 6.29. The maximum Gasteiger partial charge on any atom is 0.131 e. The Balaban J connectivity index is 1.56. The highest BCUT2D eigenvalue weighted by Crippen LogP contribution is 2.37. The molecule has 4 rings (SSSR count). The van der Waals surface area contributed by atoms with E-state index in [1.165, 1.54) is 12.8 Å². The molecule has 0 radical (unpaired) electrons. The normalized spacial score (nSPS) is 27.2. The van der Waals surface area contributed by atoms with Gasteiger partial charge in [0.1, 0.15) is 5.15 Å². The Kier molecular flexibility index (Phi) is 4.01. The van der Waals surface area contributed by atoms with E-state index in [1.54, 1.807) is 6.20 Å². The van der Waals surface area contributed by atoms with Crippen molar-refractivity contribution in [2.45, 2.75) is 63.1 Å². The molecule has 128 valence electrons. The van der Waals surface area contributed by atoms with Crippen molar-refractivity contribution in [3.63, 3.8) is 0 Å². The molecule has 0 atom stereocenters. The molecule has 0 aromatic carbocycles. The zero-order valence-corrected chi connectivity index (χ0v) is 14.6. The van der Waals surface area contributed by atoms with Gasteiger partial charge in [-0.05, 0) is 57.6 Å². The van der Waals surface area contributed by atoms with Crippen LogP contribution in [0.1, 0.15) is 51.5 Å². The molecule has 2 aromatic rings. The van der Waals surface area contributed by atoms with Crippen LogP contribution in [0.4, 0.5) is 5.69 Å². The number of anilines is 1. The van der Waals surface area contributed by atoms with E-state index in [0.29, 0.717) is 17.2 Å². The summed E-state index contributed by atoms with van der Waals surface area (Å²) >= 11 is 6.12. The molecule has 2 saturated carbocycles. The molecule has 6 heteroatoms. The monoisotopic (exact) mass is 346 g/mol. The molecule has 2 aliphatic carbocycles. The topological polar surface area (TPSA) is 63.0 Å². The SMILES string of the molecule is CC1(O)CCC(Nc2cc(Cl)ncc2-c2ccn(C3CC3)n2)CC1. The molecule has 24 heavy (non-hydrogen) atoms. The number of pyridine rings is 1. The van der Waals surface area contributed by atoms with E-state index in [9.17, 15) is 5.11 Å². The third-order valence-corrected chi connectivity index (χ3v) is 5.30. The summed E-state index contributed by atoms with van der Waals surface area (Å²) in [5.74, 6) is 0. The van der Waals surface area contributed by atoms with Gasteiger partial charge in [-0.2, -0.15) is 5.10 Å². The Morgan fingerprint density at radius 2 is 2.04 bits per heavy atom. The van der Waals surface area contributed by atoms with E-state index < -0.39 is 5.60 Å². The second-order valence-corrected chi connectivity index (χ2v) is 7.77. The number of rotatable bonds is 4. The Morgan fingerprint density at radius 1 is 1.29 bits per heavy atom. The number of nitrogens with one attached hydrogen (secondary N) is 1. The largest absolute Gasteiger partial charge is 0.390 e. The third-order valence-electron chi connectivity index (χ3n) is 5.10. The first-order valence-corrected chi connectivity index (χ1v) is 9.08. The van der Waals surface area contributed by atoms with Crippen molar-refractivity contribution >= 4 is 17.3 Å². The number of halogens is 1. The van der Waals surface area contributed by atoms with Gasteiger partial charge in [-0.25, -0.2) is 4.98 Å². The van der Waals surface area contributed by atoms with Gasteiger partial charge in [0.2, 0.25) is 0 Å². The molecular weight excluding hydrogens is 324 g/mol. The van der Waals surface area contributed by atoms with Crippen molar-refractivity contribution in [3.05, 3.63) is 29.7 Å². The van der Waals surface area contributed by atoms with Crippen LogP contribution in [0.2, 0.25) is 5.15 Å². The zero-order valence-electron chi connectivity index (χ0n) is 13.9. The summed E-state index contributed by atoms with van der Waals surface area (Å²) < 4.78 is 2.05. The molecule has 2 N–H and O–H groups in total. The number of nitrogens with zero attached hydrogens (tertiary/aromatic N) is 3. The van der Waals surface area contributed by atoms with Crippen LogP contribution in [-0.2, 0) is 0 Å². The molecule has 2 aromatic heterocycles. The molecule has 0 amide bonds. The molecule has 0 aliphatic heterocycles. The fourth-order valence-electron chi connectivity index (χ4n) is 3.38. The maximum absolute atomic E-state index is 10.1. The fourth-order valence-corrected chi connectivity index (χ4v) is 3.54. The summed E-state index contributed by atoms with van der Waals surface area (Å²) in [4.78, 5) is 4.24. The van der Waals surface area contributed by atoms with E-state index in [4.69, 9.17) is 16.7 Å². The molecule has 2 fully saturated rings. The third kappa shape index (κ3) is 3.42. The van der Waals surface area contributed by atoms with Crippen LogP contribution in [0.5, 0.6) is 0 Å². The summed E-state index contributed by atoms with van der Waals surface area (Å²) in [5, 5.41) is 18.9. The molecule has 0 saturated heterocycles. The first-order chi connectivity index (χ1) is 11.5. The van der Waals surface area contributed by atoms with Gasteiger partial charge in [0.15, 0.2) is 0 Å². The van der Waals surface area contributed by atoms with Crippen LogP contribution < -0.4 is 5.32 Å². The Labute approximate surface area is 147 Å². The fraction of sp³-hybridized carbons (Fsp3) is 0.556. The molecule has 0 spiro atoms. The lowest BCUT2D eigenvalue weighted by atomic mass is 9.83. The summed E-state index contributed by atoms with van der Waals surface area (Å²) in [6.07, 6.45) is 9.79. The van der Waals surface area contributed by atoms with Gasteiger partial charge in [0.05, 0.1) is 17.3 Å². The minimum atomic E-state index is -0.528. The molecule has 2 aliphatic rings. The summed E-state index contributed by atoms with van der Waals surface area (Å²) in [6, 6.07) is 4.82. The van der Waals surface area contributed by atoms with E-state index >= 15 is 0 Å². The van der Waals surface area contributed by atoms with Crippen molar-refractivity contribution in [2.75, 3.05) is 5.32 Å². The van der Waals surface area contributed by atoms with E-state index in [2.05, 4.69) is 10.3 Å². The Hall–Kier alpha value is -1.59. The predicted octanol–water partition coefficient (Wildman–Crippen LogP) is 4.04. The van der Waals surface area contributed by atoms with Crippen LogP contribution in [0.3, 0.4) is 0 Å². The highest BCUT2D eigenvalue weighted by atomic mass is 35.5. The maximum atomic E-state index is 10.1. The number of hydrogen-bond acceptors (Lipinski definition) is 4. The van der Waals surface area contributed by atoms with E-state index in [1.807, 2.05) is 29.9 Å². The van der Waals surface area contributed by atoms with Gasteiger partial charge >= 0.3 is 0 Å². The van der Waals surface area contributed by atoms with Crippen LogP contribution in [-0.4, -0.2) is 31.5 Å². The smallest absolute Gasteiger partial charge is 0.131 e. The van der Waals surface area contributed by atoms with Gasteiger partial charge in [-0.3, -0.25) is 4.68 Å². The van der Waals surface area contributed by atoms with Crippen molar-refractivity contribution in [3.8, 4) is 11.3 Å². The van der Waals surface area contributed by atoms with Crippen molar-refractivity contribution in [1.29, 1.82) is 0 Å². The van der Waals surface area contributed by atoms with Gasteiger partial charge < -0.3 is 10.4 Å². The van der Waals surface area contributed by atoms with Crippen molar-refractivity contribution < 1.29 is 5.11 Å². The molecular formula is C18H23ClN4O. The minimum absolute atomic E-state index is 0.341. The van der Waals surface area contributed by atoms with Gasteiger partial charge in [0, 0.05) is 29.7 Å². The van der Waals surface area contributed by atoms with Crippen molar-refractivity contribution in [1.82, 2.24) is 14.8 Å². The average molecular weight is 347 g/mol. The van der Waals surface area contributed by atoms with E-state index in [-0.39, 0.29) is 0 Å². The minimum Gasteiger partial charge on any atom is -0.390 e. The van der Waals surface area contributed by atoms with Gasteiger partial charge in [-0.1, -0.05) is 11.6 Å². The molecule has 5 nitrogen and oxygen atoms in total. The van der Waals surface area contributed by atoms with Crippen LogP contribution in [0.15, 0.2) is 24.5 Å². The Bertz CT molecular complexity index is 728. The lowest BCUT2D eigenvalue weighted by Gasteiger charge is -2.34. The van der Waals surface area contributed by atoms with Crippen LogP contribution >= 0.6 is 11.6 Å². The van der Waals surface area contributed by atoms with Gasteiger partial charge in [0.25, 0.3) is 0 Å². The van der Waals surface area contributed by atoms with Crippen molar-refractivity contribution in [2.24, 2.45) is 0 Å². The summed E-state index contributed by atoms with van der Waals surface area (Å²) in [5.41, 5.74) is 2.36. The predicted molar refractivity (Wildman–Crippen MR) is 95.2 cm³/mol. The standard InChI is InChI=1S/C18H23ClN4O/c1-18(24)7-4-12(5-8-18)21-16-10-17(19)20-11-14(16)15-6-9-23(22-15)13-2-3-13/h6,9-13,24H,2-5,7-8H2,1H3,(H,20,21). The summed E-state index contributed by atoms with van der Waals surface area (Å²) in [7, 11) is 0. The highest BCUT2D eigenvalue weighted by Gasteiger charge is 2.29. The molecule has 0 bridgehead atoms. The number of hydrogen-bond donors (Lipinski definition) is 2. The molecule has 0 unspecified atom stereocenters. The Morgan fingerprint density at radius 3 is 2.75 bits per heavy atom. The lowest BCUT2D eigenvalue weighted by Crippen LogP contribution is -2.35. The van der Waals surface area contributed by atoms with Crippen LogP contribution in [0, 0.1) is 0 Å². The van der Waals surface area contributed by atoms with E-state index in [0.717, 1.165) is 42.6 Å².